The van der Waals surface area contributed by atoms with Crippen LogP contribution in [0.15, 0.2) is 54.6 Å². The molecule has 0 amide bonds. The fraction of sp³-hybridized carbons (Fsp3) is 0.538. The molecule has 4 heteroatoms. The Hall–Kier alpha value is -1.39. The van der Waals surface area contributed by atoms with Gasteiger partial charge < -0.3 is 10.0 Å². The summed E-state index contributed by atoms with van der Waals surface area (Å²) >= 11 is 6.00. The molecule has 0 heterocycles. The van der Waals surface area contributed by atoms with Gasteiger partial charge in [-0.2, -0.15) is 0 Å². The molecule has 1 unspecified atom stereocenters. The van der Waals surface area contributed by atoms with Crippen LogP contribution in [-0.2, 0) is 6.54 Å². The van der Waals surface area contributed by atoms with Gasteiger partial charge in [0.05, 0.1) is 6.10 Å². The first kappa shape index (κ1) is 24.9. The molecule has 2 aromatic carbocycles. The van der Waals surface area contributed by atoms with E-state index in [4.69, 9.17) is 11.6 Å². The molecular weight excluding hydrogens is 392 g/mol. The number of benzene rings is 2. The lowest BCUT2D eigenvalue weighted by Gasteiger charge is -2.27. The Labute approximate surface area is 188 Å². The third-order valence-corrected chi connectivity index (χ3v) is 5.79. The quantitative estimate of drug-likeness (QED) is 0.366. The number of hydrogen-bond acceptors (Lipinski definition) is 3. The van der Waals surface area contributed by atoms with Gasteiger partial charge in [0.15, 0.2) is 0 Å². The van der Waals surface area contributed by atoms with Crippen molar-refractivity contribution in [2.45, 2.75) is 58.6 Å². The van der Waals surface area contributed by atoms with E-state index in [2.05, 4.69) is 54.0 Å². The number of rotatable bonds is 15. The zero-order valence-electron chi connectivity index (χ0n) is 18.8. The highest BCUT2D eigenvalue weighted by Gasteiger charge is 2.15. The second-order valence-corrected chi connectivity index (χ2v) is 8.63. The molecule has 30 heavy (non-hydrogen) atoms. The molecule has 0 saturated carbocycles. The summed E-state index contributed by atoms with van der Waals surface area (Å²) in [6.07, 6.45) is 5.64. The van der Waals surface area contributed by atoms with Crippen molar-refractivity contribution in [3.05, 3.63) is 70.7 Å². The molecule has 0 saturated heterocycles. The van der Waals surface area contributed by atoms with Gasteiger partial charge in [-0.05, 0) is 68.7 Å². The predicted molar refractivity (Wildman–Crippen MR) is 129 cm³/mol. The lowest BCUT2D eigenvalue weighted by atomic mass is 10.1. The Morgan fingerprint density at radius 1 is 0.767 bits per heavy atom. The van der Waals surface area contributed by atoms with Crippen LogP contribution in [0, 0.1) is 0 Å². The van der Waals surface area contributed by atoms with Crippen molar-refractivity contribution in [3.63, 3.8) is 0 Å². The van der Waals surface area contributed by atoms with E-state index in [1.54, 1.807) is 0 Å². The molecule has 0 fully saturated rings. The van der Waals surface area contributed by atoms with Crippen LogP contribution >= 0.6 is 11.6 Å². The largest absolute Gasteiger partial charge is 0.387 e. The van der Waals surface area contributed by atoms with Crippen molar-refractivity contribution < 1.29 is 5.11 Å². The molecule has 2 rings (SSSR count). The number of hydrogen-bond donors (Lipinski definition) is 1. The molecule has 0 spiro atoms. The first-order chi connectivity index (χ1) is 14.6. The number of aliphatic hydroxyl groups is 1. The zero-order valence-corrected chi connectivity index (χ0v) is 19.5. The highest BCUT2D eigenvalue weighted by atomic mass is 35.5. The van der Waals surface area contributed by atoms with Crippen molar-refractivity contribution >= 4 is 11.6 Å². The molecule has 2 aromatic rings. The van der Waals surface area contributed by atoms with Gasteiger partial charge in [-0.25, -0.2) is 0 Å². The van der Waals surface area contributed by atoms with Gasteiger partial charge in [0.25, 0.3) is 0 Å². The maximum Gasteiger partial charge on any atom is 0.0917 e. The van der Waals surface area contributed by atoms with Crippen LogP contribution in [0.1, 0.15) is 63.2 Å². The van der Waals surface area contributed by atoms with Gasteiger partial charge in [-0.15, -0.1) is 0 Å². The van der Waals surface area contributed by atoms with E-state index in [0.717, 1.165) is 31.6 Å². The average molecular weight is 431 g/mol. The summed E-state index contributed by atoms with van der Waals surface area (Å²) in [5.41, 5.74) is 2.21. The number of unbranched alkanes of at least 4 members (excludes halogenated alkanes) is 2. The Bertz CT molecular complexity index is 669. The highest BCUT2D eigenvalue weighted by molar-refractivity contribution is 6.30. The molecule has 0 aliphatic carbocycles. The maximum atomic E-state index is 10.8. The van der Waals surface area contributed by atoms with Crippen molar-refractivity contribution in [2.24, 2.45) is 0 Å². The third-order valence-electron chi connectivity index (χ3n) is 5.54. The number of aliphatic hydroxyl groups excluding tert-OH is 1. The fourth-order valence-electron chi connectivity index (χ4n) is 3.73. The summed E-state index contributed by atoms with van der Waals surface area (Å²) in [7, 11) is 0. The SMILES string of the molecule is CCCCN(CCCC)CCCN(Cc1ccccc1)CC(O)c1ccc(Cl)cc1. The van der Waals surface area contributed by atoms with Crippen molar-refractivity contribution in [1.29, 1.82) is 0 Å². The summed E-state index contributed by atoms with van der Waals surface area (Å²) in [6, 6.07) is 18.1. The lowest BCUT2D eigenvalue weighted by molar-refractivity contribution is 0.105. The maximum absolute atomic E-state index is 10.8. The van der Waals surface area contributed by atoms with E-state index in [9.17, 15) is 5.11 Å². The van der Waals surface area contributed by atoms with Gasteiger partial charge in [0.1, 0.15) is 0 Å². The van der Waals surface area contributed by atoms with E-state index in [1.165, 1.54) is 44.3 Å². The summed E-state index contributed by atoms with van der Waals surface area (Å²) in [5, 5.41) is 11.5. The molecule has 166 valence electrons. The van der Waals surface area contributed by atoms with Gasteiger partial charge >= 0.3 is 0 Å². The summed E-state index contributed by atoms with van der Waals surface area (Å²) in [4.78, 5) is 5.00. The molecule has 0 radical (unpaired) electrons. The lowest BCUT2D eigenvalue weighted by Crippen LogP contribution is -2.33. The number of nitrogens with zero attached hydrogens (tertiary/aromatic N) is 2. The van der Waals surface area contributed by atoms with Crippen LogP contribution in [0.2, 0.25) is 5.02 Å². The van der Waals surface area contributed by atoms with E-state index in [-0.39, 0.29) is 0 Å². The predicted octanol–water partition coefficient (Wildman–Crippen LogP) is 6.17. The summed E-state index contributed by atoms with van der Waals surface area (Å²) in [6.45, 7) is 10.5. The molecule has 0 aliphatic heterocycles. The first-order valence-corrected chi connectivity index (χ1v) is 11.9. The third kappa shape index (κ3) is 9.61. The average Bonchev–Trinajstić information content (AvgIpc) is 2.76. The molecule has 0 bridgehead atoms. The Kier molecular flexibility index (Phi) is 12.1. The van der Waals surface area contributed by atoms with Gasteiger partial charge in [0, 0.05) is 18.1 Å². The summed E-state index contributed by atoms with van der Waals surface area (Å²) < 4.78 is 0. The van der Waals surface area contributed by atoms with E-state index >= 15 is 0 Å². The van der Waals surface area contributed by atoms with Crippen LogP contribution in [0.5, 0.6) is 0 Å². The van der Waals surface area contributed by atoms with Gasteiger partial charge in [-0.3, -0.25) is 4.90 Å². The van der Waals surface area contributed by atoms with Crippen LogP contribution < -0.4 is 0 Å². The Morgan fingerprint density at radius 2 is 1.33 bits per heavy atom. The Balaban J connectivity index is 1.95. The normalized spacial score (nSPS) is 12.6. The molecule has 0 aromatic heterocycles. The minimum Gasteiger partial charge on any atom is -0.387 e. The molecule has 3 nitrogen and oxygen atoms in total. The van der Waals surface area contributed by atoms with Crippen LogP contribution in [0.25, 0.3) is 0 Å². The molecular formula is C26H39ClN2O. The second kappa shape index (κ2) is 14.6. The molecule has 0 aliphatic rings. The molecule has 1 N–H and O–H groups in total. The topological polar surface area (TPSA) is 26.7 Å². The van der Waals surface area contributed by atoms with Gasteiger partial charge in [-0.1, -0.05) is 80.8 Å². The fourth-order valence-corrected chi connectivity index (χ4v) is 3.85. The monoisotopic (exact) mass is 430 g/mol. The zero-order chi connectivity index (χ0) is 21.6. The van der Waals surface area contributed by atoms with E-state index in [1.807, 2.05) is 24.3 Å². The van der Waals surface area contributed by atoms with E-state index in [0.29, 0.717) is 11.6 Å². The molecule has 1 atom stereocenters. The van der Waals surface area contributed by atoms with Crippen molar-refractivity contribution in [3.8, 4) is 0 Å². The number of halogens is 1. The van der Waals surface area contributed by atoms with Gasteiger partial charge in [0.2, 0.25) is 0 Å². The second-order valence-electron chi connectivity index (χ2n) is 8.19. The van der Waals surface area contributed by atoms with E-state index < -0.39 is 6.10 Å². The summed E-state index contributed by atoms with van der Waals surface area (Å²) in [5.74, 6) is 0. The highest BCUT2D eigenvalue weighted by Crippen LogP contribution is 2.19. The van der Waals surface area contributed by atoms with Crippen LogP contribution in [-0.4, -0.2) is 47.6 Å². The smallest absolute Gasteiger partial charge is 0.0917 e. The van der Waals surface area contributed by atoms with Crippen molar-refractivity contribution in [1.82, 2.24) is 9.80 Å². The standard InChI is InChI=1S/C26H39ClN2O/c1-3-5-17-28(18-6-4-2)19-10-20-29(21-23-11-8-7-9-12-23)22-26(30)24-13-15-25(27)16-14-24/h7-9,11-16,26,30H,3-6,10,17-22H2,1-2H3. The van der Waals surface area contributed by atoms with Crippen LogP contribution in [0.4, 0.5) is 0 Å². The van der Waals surface area contributed by atoms with Crippen molar-refractivity contribution in [2.75, 3.05) is 32.7 Å². The minimum atomic E-state index is -0.512. The minimum absolute atomic E-state index is 0.512. The van der Waals surface area contributed by atoms with Crippen LogP contribution in [0.3, 0.4) is 0 Å². The Morgan fingerprint density at radius 3 is 1.93 bits per heavy atom. The first-order valence-electron chi connectivity index (χ1n) is 11.5.